The van der Waals surface area contributed by atoms with Gasteiger partial charge in [0.15, 0.2) is 0 Å². The van der Waals surface area contributed by atoms with Gasteiger partial charge in [-0.3, -0.25) is 9.59 Å². The van der Waals surface area contributed by atoms with Crippen molar-refractivity contribution in [3.8, 4) is 0 Å². The number of carboxylic acids is 1. The van der Waals surface area contributed by atoms with Gasteiger partial charge in [-0.05, 0) is 35.7 Å². The number of anilines is 2. The molecular formula is C19H19FN2O3. The smallest absolute Gasteiger partial charge is 0.307 e. The molecule has 0 bridgehead atoms. The number of aliphatic carboxylic acids is 1. The Morgan fingerprint density at radius 3 is 2.76 bits per heavy atom. The first-order valence-corrected chi connectivity index (χ1v) is 8.07. The van der Waals surface area contributed by atoms with Crippen LogP contribution in [0.4, 0.5) is 15.8 Å². The van der Waals surface area contributed by atoms with Crippen molar-refractivity contribution in [1.82, 2.24) is 0 Å². The maximum Gasteiger partial charge on any atom is 0.307 e. The van der Waals surface area contributed by atoms with Gasteiger partial charge in [0.25, 0.3) is 0 Å². The second-order valence-electron chi connectivity index (χ2n) is 6.19. The molecule has 6 heteroatoms. The third-order valence-electron chi connectivity index (χ3n) is 4.46. The molecule has 2 aromatic rings. The van der Waals surface area contributed by atoms with Crippen LogP contribution < -0.4 is 10.2 Å². The first-order chi connectivity index (χ1) is 12.0. The Hall–Kier alpha value is -2.89. The quantitative estimate of drug-likeness (QED) is 0.896. The van der Waals surface area contributed by atoms with Gasteiger partial charge in [0.05, 0.1) is 12.3 Å². The average molecular weight is 342 g/mol. The van der Waals surface area contributed by atoms with Crippen LogP contribution in [0.1, 0.15) is 23.5 Å². The van der Waals surface area contributed by atoms with Gasteiger partial charge in [-0.15, -0.1) is 0 Å². The number of halogens is 1. The molecule has 0 radical (unpaired) electrons. The SMILES string of the molecule is CN1CCC(C(=O)Nc2ccc(CC(=O)O)c(F)c2)c2ccccc21. The molecule has 0 saturated heterocycles. The second kappa shape index (κ2) is 6.93. The summed E-state index contributed by atoms with van der Waals surface area (Å²) in [7, 11) is 1.99. The van der Waals surface area contributed by atoms with Crippen LogP contribution in [0, 0.1) is 5.82 Å². The molecule has 0 aromatic heterocycles. The molecule has 25 heavy (non-hydrogen) atoms. The zero-order valence-corrected chi connectivity index (χ0v) is 13.8. The predicted octanol–water partition coefficient (Wildman–Crippen LogP) is 3.02. The number of nitrogens with zero attached hydrogens (tertiary/aromatic N) is 1. The summed E-state index contributed by atoms with van der Waals surface area (Å²) in [5, 5.41) is 11.5. The van der Waals surface area contributed by atoms with Gasteiger partial charge >= 0.3 is 5.97 Å². The Morgan fingerprint density at radius 2 is 2.04 bits per heavy atom. The summed E-state index contributed by atoms with van der Waals surface area (Å²) in [5.74, 6) is -2.22. The van der Waals surface area contributed by atoms with Crippen LogP contribution in [0.5, 0.6) is 0 Å². The minimum Gasteiger partial charge on any atom is -0.481 e. The number of amides is 1. The van der Waals surface area contributed by atoms with Gasteiger partial charge in [-0.2, -0.15) is 0 Å². The lowest BCUT2D eigenvalue weighted by Crippen LogP contribution is -2.32. The molecule has 130 valence electrons. The average Bonchev–Trinajstić information content (AvgIpc) is 2.57. The van der Waals surface area contributed by atoms with Gasteiger partial charge in [-0.1, -0.05) is 24.3 Å². The Balaban J connectivity index is 1.78. The highest BCUT2D eigenvalue weighted by molar-refractivity contribution is 5.97. The molecule has 2 N–H and O–H groups in total. The van der Waals surface area contributed by atoms with E-state index in [2.05, 4.69) is 10.2 Å². The lowest BCUT2D eigenvalue weighted by molar-refractivity contribution is -0.136. The molecule has 0 aliphatic carbocycles. The van der Waals surface area contributed by atoms with Crippen molar-refractivity contribution >= 4 is 23.3 Å². The predicted molar refractivity (Wildman–Crippen MR) is 93.4 cm³/mol. The topological polar surface area (TPSA) is 69.6 Å². The number of carboxylic acid groups (broad SMARTS) is 1. The maximum absolute atomic E-state index is 14.0. The lowest BCUT2D eigenvalue weighted by Gasteiger charge is -2.32. The second-order valence-corrected chi connectivity index (χ2v) is 6.19. The maximum atomic E-state index is 14.0. The summed E-state index contributed by atoms with van der Waals surface area (Å²) in [6, 6.07) is 11.8. The molecule has 5 nitrogen and oxygen atoms in total. The van der Waals surface area contributed by atoms with Crippen LogP contribution in [0.2, 0.25) is 0 Å². The molecule has 1 unspecified atom stereocenters. The van der Waals surface area contributed by atoms with E-state index in [9.17, 15) is 14.0 Å². The summed E-state index contributed by atoms with van der Waals surface area (Å²) in [5.41, 5.74) is 2.40. The van der Waals surface area contributed by atoms with E-state index < -0.39 is 11.8 Å². The molecule has 2 aromatic carbocycles. The van der Waals surface area contributed by atoms with Crippen LogP contribution >= 0.6 is 0 Å². The lowest BCUT2D eigenvalue weighted by atomic mass is 9.89. The van der Waals surface area contributed by atoms with E-state index in [1.807, 2.05) is 31.3 Å². The first-order valence-electron chi connectivity index (χ1n) is 8.07. The molecule has 1 heterocycles. The normalized spacial score (nSPS) is 16.2. The van der Waals surface area contributed by atoms with Gasteiger partial charge in [-0.25, -0.2) is 4.39 Å². The van der Waals surface area contributed by atoms with Gasteiger partial charge < -0.3 is 15.3 Å². The first kappa shape index (κ1) is 17.0. The third-order valence-corrected chi connectivity index (χ3v) is 4.46. The number of carbonyl (C=O) groups is 2. The third kappa shape index (κ3) is 3.63. The van der Waals surface area contributed by atoms with Gasteiger partial charge in [0, 0.05) is 25.0 Å². The summed E-state index contributed by atoms with van der Waals surface area (Å²) >= 11 is 0. The van der Waals surface area contributed by atoms with Crippen molar-refractivity contribution in [2.45, 2.75) is 18.8 Å². The molecule has 1 atom stereocenters. The van der Waals surface area contributed by atoms with Crippen LogP contribution in [-0.4, -0.2) is 30.6 Å². The summed E-state index contributed by atoms with van der Waals surface area (Å²) in [4.78, 5) is 25.5. The fourth-order valence-corrected chi connectivity index (χ4v) is 3.16. The number of para-hydroxylation sites is 1. The van der Waals surface area contributed by atoms with Gasteiger partial charge in [0.2, 0.25) is 5.91 Å². The number of benzene rings is 2. The number of nitrogens with one attached hydrogen (secondary N) is 1. The minimum atomic E-state index is -1.10. The Kier molecular flexibility index (Phi) is 4.70. The van der Waals surface area contributed by atoms with Crippen molar-refractivity contribution in [2.75, 3.05) is 23.8 Å². The monoisotopic (exact) mass is 342 g/mol. The zero-order valence-electron chi connectivity index (χ0n) is 13.8. The molecule has 0 fully saturated rings. The van der Waals surface area contributed by atoms with E-state index in [0.29, 0.717) is 12.1 Å². The van der Waals surface area contributed by atoms with Crippen molar-refractivity contribution in [2.24, 2.45) is 0 Å². The Morgan fingerprint density at radius 1 is 1.28 bits per heavy atom. The van der Waals surface area contributed by atoms with Crippen LogP contribution in [0.3, 0.4) is 0 Å². The standard InChI is InChI=1S/C19H19FN2O3/c1-22-9-8-15(14-4-2-3-5-17(14)22)19(25)21-13-7-6-12(10-18(23)24)16(20)11-13/h2-7,11,15H,8-10H2,1H3,(H,21,25)(H,23,24). The van der Waals surface area contributed by atoms with Crippen molar-refractivity contribution in [3.05, 3.63) is 59.4 Å². The number of hydrogen-bond donors (Lipinski definition) is 2. The zero-order chi connectivity index (χ0) is 18.0. The fourth-order valence-electron chi connectivity index (χ4n) is 3.16. The molecule has 3 rings (SSSR count). The fraction of sp³-hybridized carbons (Fsp3) is 0.263. The number of carbonyl (C=O) groups excluding carboxylic acids is 1. The molecule has 1 aliphatic heterocycles. The minimum absolute atomic E-state index is 0.0927. The number of rotatable bonds is 4. The van der Waals surface area contributed by atoms with E-state index in [1.165, 1.54) is 12.1 Å². The van der Waals surface area contributed by atoms with E-state index in [0.717, 1.165) is 23.9 Å². The van der Waals surface area contributed by atoms with Crippen LogP contribution in [-0.2, 0) is 16.0 Å². The highest BCUT2D eigenvalue weighted by Gasteiger charge is 2.28. The van der Waals surface area contributed by atoms with Crippen LogP contribution in [0.15, 0.2) is 42.5 Å². The summed E-state index contributed by atoms with van der Waals surface area (Å²) in [6.45, 7) is 0.765. The largest absolute Gasteiger partial charge is 0.481 e. The highest BCUT2D eigenvalue weighted by atomic mass is 19.1. The number of fused-ring (bicyclic) bond motifs is 1. The Labute approximate surface area is 145 Å². The van der Waals surface area contributed by atoms with E-state index >= 15 is 0 Å². The van der Waals surface area contributed by atoms with Gasteiger partial charge in [0.1, 0.15) is 5.82 Å². The summed E-state index contributed by atoms with van der Waals surface area (Å²) in [6.07, 6.45) is 0.293. The van der Waals surface area contributed by atoms with Crippen LogP contribution in [0.25, 0.3) is 0 Å². The molecule has 1 amide bonds. The van der Waals surface area contributed by atoms with E-state index in [1.54, 1.807) is 0 Å². The van der Waals surface area contributed by atoms with Crippen molar-refractivity contribution in [1.29, 1.82) is 0 Å². The molecule has 1 aliphatic rings. The molecule has 0 saturated carbocycles. The summed E-state index contributed by atoms with van der Waals surface area (Å²) < 4.78 is 14.0. The molecule has 0 spiro atoms. The van der Waals surface area contributed by atoms with E-state index in [4.69, 9.17) is 5.11 Å². The highest BCUT2D eigenvalue weighted by Crippen LogP contribution is 2.35. The van der Waals surface area contributed by atoms with Crippen molar-refractivity contribution in [3.63, 3.8) is 0 Å². The van der Waals surface area contributed by atoms with Crippen molar-refractivity contribution < 1.29 is 19.1 Å². The number of hydrogen-bond acceptors (Lipinski definition) is 3. The van der Waals surface area contributed by atoms with E-state index in [-0.39, 0.29) is 23.8 Å². The Bertz CT molecular complexity index is 822. The molecular weight excluding hydrogens is 323 g/mol.